The van der Waals surface area contributed by atoms with Crippen molar-refractivity contribution in [2.24, 2.45) is 11.7 Å². The van der Waals surface area contributed by atoms with Crippen LogP contribution in [0.1, 0.15) is 56.4 Å². The molecule has 1 fully saturated rings. The highest BCUT2D eigenvalue weighted by atomic mass is 16.5. The molecule has 4 nitrogen and oxygen atoms in total. The van der Waals surface area contributed by atoms with Gasteiger partial charge >= 0.3 is 0 Å². The van der Waals surface area contributed by atoms with Crippen LogP contribution in [0, 0.1) is 5.92 Å². The van der Waals surface area contributed by atoms with Gasteiger partial charge in [0.2, 0.25) is 5.89 Å². The van der Waals surface area contributed by atoms with Crippen LogP contribution in [0.25, 0.3) is 0 Å². The van der Waals surface area contributed by atoms with E-state index >= 15 is 0 Å². The normalized spacial score (nSPS) is 19.6. The van der Waals surface area contributed by atoms with E-state index in [1.54, 1.807) is 0 Å². The van der Waals surface area contributed by atoms with Crippen LogP contribution in [-0.4, -0.2) is 10.1 Å². The number of nitrogens with zero attached hydrogens (tertiary/aromatic N) is 2. The molecule has 1 aliphatic rings. The van der Waals surface area contributed by atoms with E-state index in [0.29, 0.717) is 11.8 Å². The monoisotopic (exact) mass is 271 g/mol. The number of rotatable bonds is 5. The average molecular weight is 271 g/mol. The Labute approximate surface area is 119 Å². The van der Waals surface area contributed by atoms with Gasteiger partial charge in [-0.2, -0.15) is 4.98 Å². The summed E-state index contributed by atoms with van der Waals surface area (Å²) in [7, 11) is 0. The van der Waals surface area contributed by atoms with Gasteiger partial charge in [0.25, 0.3) is 0 Å². The minimum absolute atomic E-state index is 0.0435. The first-order valence-corrected chi connectivity index (χ1v) is 7.32. The van der Waals surface area contributed by atoms with E-state index in [1.807, 2.05) is 6.07 Å². The molecular formula is C16H21N3O. The van der Waals surface area contributed by atoms with Crippen molar-refractivity contribution in [3.05, 3.63) is 47.6 Å². The third-order valence-electron chi connectivity index (χ3n) is 4.49. The molecule has 4 heteroatoms. The number of hydrogen-bond acceptors (Lipinski definition) is 4. The van der Waals surface area contributed by atoms with Crippen LogP contribution in [0.15, 0.2) is 34.9 Å². The van der Waals surface area contributed by atoms with Crippen molar-refractivity contribution in [2.75, 3.05) is 0 Å². The van der Waals surface area contributed by atoms with E-state index in [9.17, 15) is 0 Å². The van der Waals surface area contributed by atoms with Gasteiger partial charge in [-0.05, 0) is 24.3 Å². The Balaban J connectivity index is 1.88. The third kappa shape index (κ3) is 2.14. The second kappa shape index (κ2) is 5.02. The molecule has 2 aromatic rings. The van der Waals surface area contributed by atoms with E-state index in [-0.39, 0.29) is 11.5 Å². The number of aromatic nitrogens is 2. The maximum atomic E-state index is 6.17. The summed E-state index contributed by atoms with van der Waals surface area (Å²) >= 11 is 0. The highest BCUT2D eigenvalue weighted by molar-refractivity contribution is 5.38. The fourth-order valence-corrected chi connectivity index (χ4v) is 2.59. The minimum Gasteiger partial charge on any atom is -0.338 e. The summed E-state index contributed by atoms with van der Waals surface area (Å²) in [6, 6.07) is 10.2. The first-order chi connectivity index (χ1) is 9.67. The van der Waals surface area contributed by atoms with E-state index in [1.165, 1.54) is 5.56 Å². The SMILES string of the molecule is CC[C@H](C)[C@H](N)c1nc(C2(c3ccccc3)CC2)no1. The van der Waals surface area contributed by atoms with Crippen molar-refractivity contribution < 1.29 is 4.52 Å². The largest absolute Gasteiger partial charge is 0.338 e. The van der Waals surface area contributed by atoms with Crippen LogP contribution in [0.3, 0.4) is 0 Å². The Hall–Kier alpha value is -1.68. The van der Waals surface area contributed by atoms with Crippen molar-refractivity contribution in [2.45, 2.75) is 44.6 Å². The second-order valence-electron chi connectivity index (χ2n) is 5.82. The van der Waals surface area contributed by atoms with Crippen molar-refractivity contribution >= 4 is 0 Å². The molecule has 0 unspecified atom stereocenters. The lowest BCUT2D eigenvalue weighted by Crippen LogP contribution is -2.19. The van der Waals surface area contributed by atoms with Crippen LogP contribution in [0.4, 0.5) is 0 Å². The lowest BCUT2D eigenvalue weighted by Gasteiger charge is -2.13. The molecule has 1 heterocycles. The van der Waals surface area contributed by atoms with Crippen LogP contribution in [0.2, 0.25) is 0 Å². The highest BCUT2D eigenvalue weighted by Gasteiger charge is 2.50. The Bertz CT molecular complexity index is 574. The van der Waals surface area contributed by atoms with E-state index in [0.717, 1.165) is 25.1 Å². The third-order valence-corrected chi connectivity index (χ3v) is 4.49. The Morgan fingerprint density at radius 2 is 2.00 bits per heavy atom. The summed E-state index contributed by atoms with van der Waals surface area (Å²) in [5.41, 5.74) is 7.39. The van der Waals surface area contributed by atoms with Crippen LogP contribution in [0.5, 0.6) is 0 Å². The molecular weight excluding hydrogens is 250 g/mol. The van der Waals surface area contributed by atoms with Crippen molar-refractivity contribution in [3.8, 4) is 0 Å². The minimum atomic E-state index is -0.173. The Kier molecular flexibility index (Phi) is 3.34. The molecule has 0 bridgehead atoms. The van der Waals surface area contributed by atoms with Gasteiger partial charge in [0.1, 0.15) is 0 Å². The molecule has 1 aliphatic carbocycles. The van der Waals surface area contributed by atoms with Crippen molar-refractivity contribution in [1.82, 2.24) is 10.1 Å². The van der Waals surface area contributed by atoms with Crippen molar-refractivity contribution in [1.29, 1.82) is 0 Å². The predicted molar refractivity (Wildman–Crippen MR) is 77.1 cm³/mol. The molecule has 106 valence electrons. The van der Waals surface area contributed by atoms with Gasteiger partial charge in [-0.15, -0.1) is 0 Å². The zero-order chi connectivity index (χ0) is 14.2. The molecule has 1 aromatic heterocycles. The fourth-order valence-electron chi connectivity index (χ4n) is 2.59. The second-order valence-corrected chi connectivity index (χ2v) is 5.82. The van der Waals surface area contributed by atoms with Gasteiger partial charge in [0.15, 0.2) is 5.82 Å². The standard InChI is InChI=1S/C16H21N3O/c1-3-11(2)13(17)14-18-15(19-20-14)16(9-10-16)12-7-5-4-6-8-12/h4-8,11,13H,3,9-10,17H2,1-2H3/t11-,13-/m0/s1. The van der Waals surface area contributed by atoms with Crippen LogP contribution >= 0.6 is 0 Å². The fraction of sp³-hybridized carbons (Fsp3) is 0.500. The summed E-state index contributed by atoms with van der Waals surface area (Å²) < 4.78 is 5.41. The topological polar surface area (TPSA) is 64.9 Å². The zero-order valence-corrected chi connectivity index (χ0v) is 12.0. The summed E-state index contributed by atoms with van der Waals surface area (Å²) in [6.45, 7) is 4.23. The molecule has 1 aromatic carbocycles. The van der Waals surface area contributed by atoms with Crippen LogP contribution in [-0.2, 0) is 5.41 Å². The zero-order valence-electron chi connectivity index (χ0n) is 12.0. The molecule has 2 atom stereocenters. The quantitative estimate of drug-likeness (QED) is 0.907. The van der Waals surface area contributed by atoms with Gasteiger partial charge in [-0.1, -0.05) is 55.8 Å². The average Bonchev–Trinajstić information content (AvgIpc) is 3.17. The molecule has 20 heavy (non-hydrogen) atoms. The predicted octanol–water partition coefficient (Wildman–Crippen LogP) is 3.20. The van der Waals surface area contributed by atoms with E-state index < -0.39 is 0 Å². The van der Waals surface area contributed by atoms with Crippen LogP contribution < -0.4 is 5.73 Å². The Morgan fingerprint density at radius 3 is 2.60 bits per heavy atom. The molecule has 0 saturated heterocycles. The number of hydrogen-bond donors (Lipinski definition) is 1. The number of nitrogens with two attached hydrogens (primary N) is 1. The smallest absolute Gasteiger partial charge is 0.243 e. The highest BCUT2D eigenvalue weighted by Crippen LogP contribution is 2.52. The van der Waals surface area contributed by atoms with Gasteiger partial charge in [-0.3, -0.25) is 0 Å². The van der Waals surface area contributed by atoms with Crippen molar-refractivity contribution in [3.63, 3.8) is 0 Å². The van der Waals surface area contributed by atoms with Gasteiger partial charge < -0.3 is 10.3 Å². The maximum Gasteiger partial charge on any atom is 0.243 e. The molecule has 2 N–H and O–H groups in total. The first-order valence-electron chi connectivity index (χ1n) is 7.32. The van der Waals surface area contributed by atoms with Gasteiger partial charge in [0.05, 0.1) is 11.5 Å². The van der Waals surface area contributed by atoms with Gasteiger partial charge in [0, 0.05) is 0 Å². The molecule has 3 rings (SSSR count). The lowest BCUT2D eigenvalue weighted by molar-refractivity contribution is 0.309. The molecule has 0 radical (unpaired) electrons. The molecule has 1 saturated carbocycles. The Morgan fingerprint density at radius 1 is 1.30 bits per heavy atom. The molecule has 0 amide bonds. The lowest BCUT2D eigenvalue weighted by atomic mass is 9.95. The summed E-state index contributed by atoms with van der Waals surface area (Å²) in [6.07, 6.45) is 3.16. The number of benzene rings is 1. The molecule has 0 spiro atoms. The first kappa shape index (κ1) is 13.3. The van der Waals surface area contributed by atoms with Gasteiger partial charge in [-0.25, -0.2) is 0 Å². The molecule has 0 aliphatic heterocycles. The van der Waals surface area contributed by atoms with E-state index in [2.05, 4.69) is 48.3 Å². The van der Waals surface area contributed by atoms with E-state index in [4.69, 9.17) is 10.3 Å². The summed E-state index contributed by atoms with van der Waals surface area (Å²) in [5, 5.41) is 4.20. The summed E-state index contributed by atoms with van der Waals surface area (Å²) in [5.74, 6) is 1.70. The maximum absolute atomic E-state index is 6.17. The summed E-state index contributed by atoms with van der Waals surface area (Å²) in [4.78, 5) is 4.59.